The van der Waals surface area contributed by atoms with E-state index < -0.39 is 54.2 Å². The Bertz CT molecular complexity index is 534. The van der Waals surface area contributed by atoms with E-state index in [1.165, 1.54) is 0 Å². The second-order valence-corrected chi connectivity index (χ2v) is 7.02. The number of carboxylic acids is 1. The lowest BCUT2D eigenvalue weighted by atomic mass is 9.98. The molecule has 0 bridgehead atoms. The number of carboxylic acid groups (broad SMARTS) is 1. The lowest BCUT2D eigenvalue weighted by molar-refractivity contribution is -0.231. The van der Waals surface area contributed by atoms with Crippen molar-refractivity contribution in [1.29, 1.82) is 0 Å². The van der Waals surface area contributed by atoms with Gasteiger partial charge in [-0.15, -0.1) is 0 Å². The van der Waals surface area contributed by atoms with Crippen molar-refractivity contribution < 1.29 is 38.4 Å². The van der Waals surface area contributed by atoms with Crippen LogP contribution in [0.4, 0.5) is 0 Å². The van der Waals surface area contributed by atoms with Crippen molar-refractivity contribution >= 4 is 11.9 Å². The van der Waals surface area contributed by atoms with E-state index in [1.807, 2.05) is 0 Å². The van der Waals surface area contributed by atoms with Crippen molar-refractivity contribution in [3.63, 3.8) is 0 Å². The Morgan fingerprint density at radius 3 is 2.21 bits per heavy atom. The number of nitrogens with one attached hydrogen (secondary N) is 1. The van der Waals surface area contributed by atoms with Gasteiger partial charge in [0.1, 0.15) is 18.3 Å². The number of carbonyl (C=O) groups excluding carboxylic acids is 1. The second kappa shape index (κ2) is 5.92. The average molecular weight is 345 g/mol. The molecule has 5 atom stereocenters. The van der Waals surface area contributed by atoms with Gasteiger partial charge in [-0.3, -0.25) is 9.59 Å². The summed E-state index contributed by atoms with van der Waals surface area (Å²) in [5.74, 6) is -3.19. The molecule has 3 aliphatic heterocycles. The minimum absolute atomic E-state index is 0.00656. The Balaban J connectivity index is 1.75. The summed E-state index contributed by atoms with van der Waals surface area (Å²) in [6, 6.07) is 0. The summed E-state index contributed by atoms with van der Waals surface area (Å²) in [5.41, 5.74) is 0. The molecule has 3 aliphatic rings. The summed E-state index contributed by atoms with van der Waals surface area (Å²) < 4.78 is 29.0. The predicted molar refractivity (Wildman–Crippen MR) is 77.8 cm³/mol. The standard InChI is InChI=1S/C15H23NO8/c1-14(2)21-8-9(22-14)11-13(24-15(3,4)23-11)20-10(8)12(19)16-6-5-7(17)18/h8-11,13H,5-6H2,1-4H3,(H,16,19)(H,17,18)/t8-,9-,10-,11-,13+/m1/s1. The largest absolute Gasteiger partial charge is 0.481 e. The number of ether oxygens (including phenoxy) is 5. The predicted octanol–water partition coefficient (Wildman–Crippen LogP) is -0.0262. The van der Waals surface area contributed by atoms with Crippen molar-refractivity contribution in [2.75, 3.05) is 6.54 Å². The molecule has 0 aliphatic carbocycles. The minimum Gasteiger partial charge on any atom is -0.481 e. The quantitative estimate of drug-likeness (QED) is 0.731. The molecular formula is C15H23NO8. The molecule has 136 valence electrons. The van der Waals surface area contributed by atoms with Crippen molar-refractivity contribution in [3.05, 3.63) is 0 Å². The maximum atomic E-state index is 12.4. The Hall–Kier alpha value is -1.26. The summed E-state index contributed by atoms with van der Waals surface area (Å²) in [5, 5.41) is 11.2. The van der Waals surface area contributed by atoms with E-state index in [9.17, 15) is 9.59 Å². The van der Waals surface area contributed by atoms with E-state index in [0.717, 1.165) is 0 Å². The van der Waals surface area contributed by atoms with Crippen molar-refractivity contribution in [2.45, 2.75) is 76.4 Å². The molecular weight excluding hydrogens is 322 g/mol. The van der Waals surface area contributed by atoms with Gasteiger partial charge in [-0.2, -0.15) is 0 Å². The monoisotopic (exact) mass is 345 g/mol. The molecule has 0 unspecified atom stereocenters. The van der Waals surface area contributed by atoms with Crippen molar-refractivity contribution in [1.82, 2.24) is 5.32 Å². The topological polar surface area (TPSA) is 113 Å². The fourth-order valence-corrected chi connectivity index (χ4v) is 3.22. The first kappa shape index (κ1) is 17.6. The van der Waals surface area contributed by atoms with Gasteiger partial charge in [0.05, 0.1) is 6.42 Å². The lowest BCUT2D eigenvalue weighted by Crippen LogP contribution is -2.59. The number of fused-ring (bicyclic) bond motifs is 3. The molecule has 0 aromatic carbocycles. The zero-order valence-corrected chi connectivity index (χ0v) is 14.1. The number of amides is 1. The van der Waals surface area contributed by atoms with E-state index in [1.54, 1.807) is 27.7 Å². The lowest BCUT2D eigenvalue weighted by Gasteiger charge is -2.36. The van der Waals surface area contributed by atoms with E-state index >= 15 is 0 Å². The molecule has 9 nitrogen and oxygen atoms in total. The highest BCUT2D eigenvalue weighted by atomic mass is 16.9. The van der Waals surface area contributed by atoms with E-state index in [0.29, 0.717) is 0 Å². The molecule has 3 rings (SSSR count). The third-order valence-corrected chi connectivity index (χ3v) is 4.05. The van der Waals surface area contributed by atoms with Gasteiger partial charge >= 0.3 is 5.97 Å². The third-order valence-electron chi connectivity index (χ3n) is 4.05. The van der Waals surface area contributed by atoms with Gasteiger partial charge in [0, 0.05) is 6.54 Å². The third kappa shape index (κ3) is 3.40. The number of carbonyl (C=O) groups is 2. The van der Waals surface area contributed by atoms with Crippen molar-refractivity contribution in [2.24, 2.45) is 0 Å². The Kier molecular flexibility index (Phi) is 4.33. The highest BCUT2D eigenvalue weighted by Crippen LogP contribution is 2.44. The summed E-state index contributed by atoms with van der Waals surface area (Å²) >= 11 is 0. The summed E-state index contributed by atoms with van der Waals surface area (Å²) in [6.07, 6.45) is -3.58. The smallest absolute Gasteiger partial charge is 0.305 e. The fourth-order valence-electron chi connectivity index (χ4n) is 3.22. The van der Waals surface area contributed by atoms with Crippen LogP contribution in [0.1, 0.15) is 34.1 Å². The number of aliphatic carboxylic acids is 1. The molecule has 9 heteroatoms. The minimum atomic E-state index is -0.992. The first-order valence-corrected chi connectivity index (χ1v) is 7.94. The first-order chi connectivity index (χ1) is 11.1. The zero-order chi connectivity index (χ0) is 17.7. The van der Waals surface area contributed by atoms with Crippen LogP contribution in [0.5, 0.6) is 0 Å². The van der Waals surface area contributed by atoms with Crippen LogP contribution in [0.3, 0.4) is 0 Å². The van der Waals surface area contributed by atoms with Crippen LogP contribution in [-0.4, -0.2) is 65.8 Å². The SMILES string of the molecule is CC1(C)O[C@@H]2[C@@H](O1)[C@H](C(=O)NCCC(=O)O)O[C@H]1OC(C)(C)O[C@@H]12. The fraction of sp³-hybridized carbons (Fsp3) is 0.867. The number of hydrogen-bond acceptors (Lipinski definition) is 7. The zero-order valence-electron chi connectivity index (χ0n) is 14.1. The molecule has 3 saturated heterocycles. The molecule has 2 N–H and O–H groups in total. The molecule has 0 aromatic rings. The van der Waals surface area contributed by atoms with Crippen LogP contribution in [0.2, 0.25) is 0 Å². The highest BCUT2D eigenvalue weighted by molar-refractivity contribution is 5.82. The van der Waals surface area contributed by atoms with Crippen LogP contribution in [-0.2, 0) is 33.3 Å². The van der Waals surface area contributed by atoms with Gasteiger partial charge in [0.15, 0.2) is 24.0 Å². The molecule has 24 heavy (non-hydrogen) atoms. The van der Waals surface area contributed by atoms with Gasteiger partial charge in [0.25, 0.3) is 5.91 Å². The van der Waals surface area contributed by atoms with Gasteiger partial charge in [-0.1, -0.05) is 0 Å². The molecule has 3 heterocycles. The van der Waals surface area contributed by atoms with Crippen LogP contribution in [0.15, 0.2) is 0 Å². The number of hydrogen-bond donors (Lipinski definition) is 2. The van der Waals surface area contributed by atoms with Crippen LogP contribution >= 0.6 is 0 Å². The molecule has 0 saturated carbocycles. The Morgan fingerprint density at radius 2 is 1.54 bits per heavy atom. The van der Waals surface area contributed by atoms with E-state index in [-0.39, 0.29) is 13.0 Å². The van der Waals surface area contributed by atoms with Gasteiger partial charge in [-0.25, -0.2) is 0 Å². The molecule has 0 aromatic heterocycles. The maximum absolute atomic E-state index is 12.4. The summed E-state index contributed by atoms with van der Waals surface area (Å²) in [7, 11) is 0. The van der Waals surface area contributed by atoms with E-state index in [4.69, 9.17) is 28.8 Å². The van der Waals surface area contributed by atoms with Crippen LogP contribution in [0, 0.1) is 0 Å². The maximum Gasteiger partial charge on any atom is 0.305 e. The Morgan fingerprint density at radius 1 is 0.958 bits per heavy atom. The van der Waals surface area contributed by atoms with Crippen molar-refractivity contribution in [3.8, 4) is 0 Å². The van der Waals surface area contributed by atoms with Gasteiger partial charge in [0.2, 0.25) is 0 Å². The van der Waals surface area contributed by atoms with Crippen LogP contribution in [0.25, 0.3) is 0 Å². The first-order valence-electron chi connectivity index (χ1n) is 7.94. The molecule has 0 spiro atoms. The van der Waals surface area contributed by atoms with Gasteiger partial charge in [-0.05, 0) is 27.7 Å². The van der Waals surface area contributed by atoms with Gasteiger partial charge < -0.3 is 34.1 Å². The second-order valence-electron chi connectivity index (χ2n) is 7.02. The molecule has 3 fully saturated rings. The van der Waals surface area contributed by atoms with Crippen LogP contribution < -0.4 is 5.32 Å². The summed E-state index contributed by atoms with van der Waals surface area (Å²) in [4.78, 5) is 23.0. The molecule has 0 radical (unpaired) electrons. The number of rotatable bonds is 4. The van der Waals surface area contributed by atoms with E-state index in [2.05, 4.69) is 5.32 Å². The average Bonchev–Trinajstić information content (AvgIpc) is 2.91. The highest BCUT2D eigenvalue weighted by Gasteiger charge is 2.62. The normalized spacial score (nSPS) is 39.1. The molecule has 1 amide bonds. The Labute approximate surface area is 139 Å². The summed E-state index contributed by atoms with van der Waals surface area (Å²) in [6.45, 7) is 7.02.